The van der Waals surface area contributed by atoms with E-state index >= 15 is 0 Å². The zero-order chi connectivity index (χ0) is 12.8. The third-order valence-electron chi connectivity index (χ3n) is 2.92. The lowest BCUT2D eigenvalue weighted by Gasteiger charge is -2.25. The molecule has 5 heteroatoms. The predicted octanol–water partition coefficient (Wildman–Crippen LogP) is 1.75. The lowest BCUT2D eigenvalue weighted by Crippen LogP contribution is -2.35. The van der Waals surface area contributed by atoms with E-state index in [0.717, 1.165) is 24.5 Å². The average molecular weight is 282 g/mol. The molecule has 1 heterocycles. The van der Waals surface area contributed by atoms with Gasteiger partial charge in [0.15, 0.2) is 0 Å². The lowest BCUT2D eigenvalue weighted by atomic mass is 10.2. The number of nitrogens with zero attached hydrogens (tertiary/aromatic N) is 1. The van der Waals surface area contributed by atoms with Crippen molar-refractivity contribution in [2.75, 3.05) is 37.7 Å². The highest BCUT2D eigenvalue weighted by Crippen LogP contribution is 2.13. The van der Waals surface area contributed by atoms with Crippen molar-refractivity contribution in [3.8, 4) is 5.75 Å². The zero-order valence-electron chi connectivity index (χ0n) is 10.3. The molecule has 1 fully saturated rings. The molecule has 0 amide bonds. The van der Waals surface area contributed by atoms with Gasteiger partial charge in [-0.25, -0.2) is 0 Å². The van der Waals surface area contributed by atoms with Crippen LogP contribution in [0.4, 0.5) is 0 Å². The Kier molecular flexibility index (Phi) is 5.28. The van der Waals surface area contributed by atoms with E-state index in [1.54, 1.807) is 0 Å². The van der Waals surface area contributed by atoms with Crippen LogP contribution in [0, 0.1) is 0 Å². The molecule has 0 atom stereocenters. The number of nitrogens with two attached hydrogens (primary N) is 1. The maximum absolute atomic E-state index is 5.71. The van der Waals surface area contributed by atoms with E-state index in [0.29, 0.717) is 4.99 Å². The van der Waals surface area contributed by atoms with Crippen LogP contribution in [0.15, 0.2) is 24.3 Å². The molecule has 0 unspecified atom stereocenters. The molecule has 0 radical (unpaired) electrons. The highest BCUT2D eigenvalue weighted by atomic mass is 32.2. The van der Waals surface area contributed by atoms with Crippen LogP contribution in [0.2, 0.25) is 0 Å². The molecular formula is C13H18N2OS2. The van der Waals surface area contributed by atoms with Gasteiger partial charge >= 0.3 is 0 Å². The molecule has 18 heavy (non-hydrogen) atoms. The second kappa shape index (κ2) is 6.97. The van der Waals surface area contributed by atoms with Crippen LogP contribution in [0.3, 0.4) is 0 Å². The van der Waals surface area contributed by atoms with E-state index < -0.39 is 0 Å². The monoisotopic (exact) mass is 282 g/mol. The van der Waals surface area contributed by atoms with Gasteiger partial charge in [0.25, 0.3) is 0 Å². The second-order valence-corrected chi connectivity index (χ2v) is 5.86. The summed E-state index contributed by atoms with van der Waals surface area (Å²) in [7, 11) is 0. The van der Waals surface area contributed by atoms with Crippen LogP contribution < -0.4 is 10.5 Å². The topological polar surface area (TPSA) is 38.5 Å². The summed E-state index contributed by atoms with van der Waals surface area (Å²) in [5, 5.41) is 0. The van der Waals surface area contributed by atoms with Gasteiger partial charge < -0.3 is 10.5 Å². The van der Waals surface area contributed by atoms with Crippen molar-refractivity contribution in [2.24, 2.45) is 5.73 Å². The van der Waals surface area contributed by atoms with Crippen LogP contribution >= 0.6 is 24.0 Å². The number of rotatable bonds is 5. The fraction of sp³-hybridized carbons (Fsp3) is 0.462. The second-order valence-electron chi connectivity index (χ2n) is 4.19. The van der Waals surface area contributed by atoms with E-state index in [-0.39, 0.29) is 0 Å². The Hall–Kier alpha value is -0.780. The Morgan fingerprint density at radius 1 is 1.28 bits per heavy atom. The molecular weight excluding hydrogens is 264 g/mol. The van der Waals surface area contributed by atoms with Crippen LogP contribution in [0.5, 0.6) is 5.75 Å². The number of benzene rings is 1. The van der Waals surface area contributed by atoms with Crippen LogP contribution in [-0.4, -0.2) is 47.6 Å². The highest BCUT2D eigenvalue weighted by Gasteiger charge is 2.09. The Bertz CT molecular complexity index is 388. The normalized spacial score (nSPS) is 16.4. The maximum Gasteiger partial charge on any atom is 0.119 e. The molecule has 1 saturated heterocycles. The average Bonchev–Trinajstić information content (AvgIpc) is 2.40. The molecule has 3 nitrogen and oxygen atoms in total. The van der Waals surface area contributed by atoms with Gasteiger partial charge in [0.2, 0.25) is 0 Å². The Morgan fingerprint density at radius 2 is 1.94 bits per heavy atom. The molecule has 0 saturated carbocycles. The first-order chi connectivity index (χ1) is 8.75. The van der Waals surface area contributed by atoms with Gasteiger partial charge in [0.1, 0.15) is 17.3 Å². The van der Waals surface area contributed by atoms with E-state index in [1.165, 1.54) is 24.6 Å². The molecule has 0 aliphatic carbocycles. The zero-order valence-corrected chi connectivity index (χ0v) is 11.9. The van der Waals surface area contributed by atoms with Gasteiger partial charge in [-0.2, -0.15) is 11.8 Å². The predicted molar refractivity (Wildman–Crippen MR) is 81.6 cm³/mol. The third-order valence-corrected chi connectivity index (χ3v) is 4.10. The SMILES string of the molecule is NC(=S)c1ccc(OCCN2CCSCC2)cc1. The largest absolute Gasteiger partial charge is 0.492 e. The molecule has 0 aromatic heterocycles. The summed E-state index contributed by atoms with van der Waals surface area (Å²) in [5.74, 6) is 3.35. The number of hydrogen-bond donors (Lipinski definition) is 1. The summed E-state index contributed by atoms with van der Waals surface area (Å²) in [5.41, 5.74) is 6.42. The summed E-state index contributed by atoms with van der Waals surface area (Å²) in [6, 6.07) is 7.63. The Labute approximate surface area is 118 Å². The first-order valence-corrected chi connectivity index (χ1v) is 7.65. The fourth-order valence-corrected chi connectivity index (χ4v) is 2.95. The minimum atomic E-state index is 0.423. The number of ether oxygens (including phenoxy) is 1. The molecule has 0 bridgehead atoms. The van der Waals surface area contributed by atoms with Crippen molar-refractivity contribution in [3.05, 3.63) is 29.8 Å². The van der Waals surface area contributed by atoms with Gasteiger partial charge in [-0.3, -0.25) is 4.90 Å². The van der Waals surface area contributed by atoms with E-state index in [4.69, 9.17) is 22.7 Å². The van der Waals surface area contributed by atoms with Crippen molar-refractivity contribution in [1.29, 1.82) is 0 Å². The molecule has 2 N–H and O–H groups in total. The quantitative estimate of drug-likeness (QED) is 0.833. The molecule has 2 rings (SSSR count). The number of thioether (sulfide) groups is 1. The molecule has 1 aromatic rings. The Balaban J connectivity index is 1.74. The van der Waals surface area contributed by atoms with Gasteiger partial charge in [0, 0.05) is 36.7 Å². The van der Waals surface area contributed by atoms with Crippen molar-refractivity contribution >= 4 is 29.0 Å². The number of thiocarbonyl (C=S) groups is 1. The standard InChI is InChI=1S/C13H18N2OS2/c14-13(17)11-1-3-12(4-2-11)16-8-5-15-6-9-18-10-7-15/h1-4H,5-10H2,(H2,14,17). The minimum absolute atomic E-state index is 0.423. The first kappa shape index (κ1) is 13.6. The van der Waals surface area contributed by atoms with E-state index in [2.05, 4.69) is 4.90 Å². The van der Waals surface area contributed by atoms with Crippen molar-refractivity contribution < 1.29 is 4.74 Å². The van der Waals surface area contributed by atoms with Gasteiger partial charge in [0.05, 0.1) is 0 Å². The number of hydrogen-bond acceptors (Lipinski definition) is 4. The summed E-state index contributed by atoms with van der Waals surface area (Å²) in [4.78, 5) is 2.87. The molecule has 98 valence electrons. The minimum Gasteiger partial charge on any atom is -0.492 e. The molecule has 1 aliphatic heterocycles. The summed E-state index contributed by atoms with van der Waals surface area (Å²) < 4.78 is 5.71. The molecule has 0 spiro atoms. The molecule has 1 aliphatic rings. The third kappa shape index (κ3) is 4.15. The maximum atomic E-state index is 5.71. The van der Waals surface area contributed by atoms with Gasteiger partial charge in [-0.1, -0.05) is 12.2 Å². The van der Waals surface area contributed by atoms with Crippen molar-refractivity contribution in [2.45, 2.75) is 0 Å². The van der Waals surface area contributed by atoms with Gasteiger partial charge in [-0.15, -0.1) is 0 Å². The summed E-state index contributed by atoms with van der Waals surface area (Å²) in [6.07, 6.45) is 0. The van der Waals surface area contributed by atoms with Crippen molar-refractivity contribution in [3.63, 3.8) is 0 Å². The van der Waals surface area contributed by atoms with Crippen LogP contribution in [-0.2, 0) is 0 Å². The smallest absolute Gasteiger partial charge is 0.119 e. The van der Waals surface area contributed by atoms with Crippen LogP contribution in [0.25, 0.3) is 0 Å². The van der Waals surface area contributed by atoms with E-state index in [9.17, 15) is 0 Å². The Morgan fingerprint density at radius 3 is 2.56 bits per heavy atom. The van der Waals surface area contributed by atoms with Gasteiger partial charge in [-0.05, 0) is 24.3 Å². The van der Waals surface area contributed by atoms with E-state index in [1.807, 2.05) is 36.0 Å². The molecule has 1 aromatic carbocycles. The summed E-state index contributed by atoms with van der Waals surface area (Å²) in [6.45, 7) is 4.08. The first-order valence-electron chi connectivity index (χ1n) is 6.08. The van der Waals surface area contributed by atoms with Crippen LogP contribution in [0.1, 0.15) is 5.56 Å². The summed E-state index contributed by atoms with van der Waals surface area (Å²) >= 11 is 6.93. The highest BCUT2D eigenvalue weighted by molar-refractivity contribution is 7.99. The fourth-order valence-electron chi connectivity index (χ4n) is 1.83. The van der Waals surface area contributed by atoms with Crippen molar-refractivity contribution in [1.82, 2.24) is 4.90 Å². The lowest BCUT2D eigenvalue weighted by molar-refractivity contribution is 0.222.